The Morgan fingerprint density at radius 3 is 1.67 bits per heavy atom. The first-order chi connectivity index (χ1) is 13.2. The van der Waals surface area contributed by atoms with E-state index in [1.165, 1.54) is 12.1 Å². The van der Waals surface area contributed by atoms with E-state index in [-0.39, 0.29) is 18.6 Å². The van der Waals surface area contributed by atoms with Gasteiger partial charge in [0, 0.05) is 6.07 Å². The van der Waals surface area contributed by atoms with Gasteiger partial charge in [-0.25, -0.2) is 13.8 Å². The van der Waals surface area contributed by atoms with Gasteiger partial charge in [-0.15, -0.1) is 0 Å². The maximum Gasteiger partial charge on any atom is 0.192 e. The zero-order valence-corrected chi connectivity index (χ0v) is 14.6. The average molecular weight is 363 g/mol. The molecule has 2 N–H and O–H groups in total. The highest BCUT2D eigenvalue weighted by Crippen LogP contribution is 2.32. The van der Waals surface area contributed by atoms with E-state index in [1.54, 1.807) is 0 Å². The maximum atomic E-state index is 13.4. The van der Waals surface area contributed by atoms with Crippen molar-refractivity contribution in [3.05, 3.63) is 107 Å². The summed E-state index contributed by atoms with van der Waals surface area (Å²) in [4.78, 5) is 4.49. The van der Waals surface area contributed by atoms with Crippen molar-refractivity contribution in [1.82, 2.24) is 10.6 Å². The highest BCUT2D eigenvalue weighted by molar-refractivity contribution is 5.83. The molecule has 0 radical (unpaired) electrons. The number of benzene rings is 3. The van der Waals surface area contributed by atoms with E-state index in [2.05, 4.69) is 39.9 Å². The summed E-state index contributed by atoms with van der Waals surface area (Å²) >= 11 is 0. The Hall–Kier alpha value is -3.21. The Labute approximate surface area is 156 Å². The summed E-state index contributed by atoms with van der Waals surface area (Å²) < 4.78 is 26.8. The van der Waals surface area contributed by atoms with Crippen LogP contribution in [0.3, 0.4) is 0 Å². The van der Waals surface area contributed by atoms with Crippen LogP contribution in [0.4, 0.5) is 8.78 Å². The van der Waals surface area contributed by atoms with Gasteiger partial charge in [0.05, 0.1) is 18.6 Å². The molecule has 4 rings (SSSR count). The van der Waals surface area contributed by atoms with Crippen LogP contribution in [0, 0.1) is 11.6 Å². The van der Waals surface area contributed by atoms with Gasteiger partial charge in [-0.1, -0.05) is 60.7 Å². The van der Waals surface area contributed by atoms with Crippen molar-refractivity contribution in [2.75, 3.05) is 0 Å². The molecule has 1 aliphatic heterocycles. The van der Waals surface area contributed by atoms with E-state index in [0.29, 0.717) is 11.5 Å². The molecule has 1 heterocycles. The lowest BCUT2D eigenvalue weighted by Crippen LogP contribution is -2.25. The summed E-state index contributed by atoms with van der Waals surface area (Å²) in [5.41, 5.74) is 2.77. The van der Waals surface area contributed by atoms with Crippen LogP contribution in [-0.2, 0) is 6.54 Å². The van der Waals surface area contributed by atoms with E-state index < -0.39 is 11.6 Å². The minimum Gasteiger partial charge on any atom is -0.347 e. The van der Waals surface area contributed by atoms with Crippen molar-refractivity contribution in [3.63, 3.8) is 0 Å². The summed E-state index contributed by atoms with van der Waals surface area (Å²) in [5.74, 6) is -0.578. The minimum absolute atomic E-state index is 0.0107. The van der Waals surface area contributed by atoms with E-state index in [0.717, 1.165) is 17.2 Å². The highest BCUT2D eigenvalue weighted by atomic mass is 19.1. The summed E-state index contributed by atoms with van der Waals surface area (Å²) in [6.07, 6.45) is 0. The van der Waals surface area contributed by atoms with Crippen LogP contribution in [0.2, 0.25) is 0 Å². The fourth-order valence-corrected chi connectivity index (χ4v) is 3.34. The Morgan fingerprint density at radius 2 is 1.19 bits per heavy atom. The Bertz CT molecular complexity index is 873. The van der Waals surface area contributed by atoms with E-state index in [4.69, 9.17) is 0 Å². The number of aliphatic imine (C=N–C) groups is 1. The Morgan fingerprint density at radius 1 is 0.704 bits per heavy atom. The van der Waals surface area contributed by atoms with Crippen molar-refractivity contribution in [2.24, 2.45) is 4.99 Å². The molecule has 3 aromatic carbocycles. The van der Waals surface area contributed by atoms with Gasteiger partial charge in [-0.2, -0.15) is 0 Å². The minimum atomic E-state index is -0.595. The molecule has 1 aliphatic rings. The van der Waals surface area contributed by atoms with Crippen molar-refractivity contribution in [1.29, 1.82) is 0 Å². The number of nitrogens with one attached hydrogen (secondary N) is 2. The molecule has 0 aromatic heterocycles. The molecule has 2 unspecified atom stereocenters. The average Bonchev–Trinajstić information content (AvgIpc) is 3.11. The topological polar surface area (TPSA) is 36.4 Å². The second-order valence-corrected chi connectivity index (χ2v) is 6.51. The quantitative estimate of drug-likeness (QED) is 0.716. The lowest BCUT2D eigenvalue weighted by Gasteiger charge is -2.19. The van der Waals surface area contributed by atoms with Gasteiger partial charge in [0.2, 0.25) is 0 Å². The van der Waals surface area contributed by atoms with Crippen LogP contribution in [0.15, 0.2) is 83.9 Å². The first kappa shape index (κ1) is 17.2. The Kier molecular flexibility index (Phi) is 4.83. The monoisotopic (exact) mass is 363 g/mol. The zero-order chi connectivity index (χ0) is 18.6. The molecule has 0 spiro atoms. The summed E-state index contributed by atoms with van der Waals surface area (Å²) in [5, 5.41) is 6.81. The molecule has 1 saturated heterocycles. The number of hydrogen-bond acceptors (Lipinski definition) is 1. The van der Waals surface area contributed by atoms with Crippen LogP contribution in [-0.4, -0.2) is 5.96 Å². The van der Waals surface area contributed by atoms with Gasteiger partial charge < -0.3 is 10.6 Å². The predicted molar refractivity (Wildman–Crippen MR) is 102 cm³/mol. The highest BCUT2D eigenvalue weighted by Gasteiger charge is 2.32. The number of nitrogens with zero attached hydrogens (tertiary/aromatic N) is 1. The molecule has 5 heteroatoms. The van der Waals surface area contributed by atoms with E-state index in [1.807, 2.05) is 36.4 Å². The van der Waals surface area contributed by atoms with Crippen LogP contribution in [0.1, 0.15) is 28.8 Å². The smallest absolute Gasteiger partial charge is 0.192 e. The molecule has 0 aliphatic carbocycles. The third kappa shape index (κ3) is 3.97. The van der Waals surface area contributed by atoms with Crippen LogP contribution >= 0.6 is 0 Å². The fraction of sp³-hybridized carbons (Fsp3) is 0.136. The molecule has 1 fully saturated rings. The number of rotatable bonds is 4. The lowest BCUT2D eigenvalue weighted by atomic mass is 9.95. The molecule has 136 valence electrons. The number of hydrogen-bond donors (Lipinski definition) is 2. The van der Waals surface area contributed by atoms with Gasteiger partial charge in [-0.3, -0.25) is 0 Å². The van der Waals surface area contributed by atoms with Crippen molar-refractivity contribution >= 4 is 5.96 Å². The van der Waals surface area contributed by atoms with E-state index in [9.17, 15) is 8.78 Å². The van der Waals surface area contributed by atoms with Crippen molar-refractivity contribution in [2.45, 2.75) is 18.6 Å². The van der Waals surface area contributed by atoms with Crippen molar-refractivity contribution < 1.29 is 8.78 Å². The molecule has 3 aromatic rings. The summed E-state index contributed by atoms with van der Waals surface area (Å²) in [6, 6.07) is 23.7. The normalized spacial score (nSPS) is 18.7. The van der Waals surface area contributed by atoms with E-state index >= 15 is 0 Å². The van der Waals surface area contributed by atoms with Crippen molar-refractivity contribution in [3.8, 4) is 0 Å². The summed E-state index contributed by atoms with van der Waals surface area (Å²) in [7, 11) is 0. The number of halogens is 2. The first-order valence-electron chi connectivity index (χ1n) is 8.81. The third-order valence-corrected chi connectivity index (χ3v) is 4.58. The molecule has 0 amide bonds. The second-order valence-electron chi connectivity index (χ2n) is 6.51. The SMILES string of the molecule is Fc1cc(F)cc(CN=C2NC(c3ccccc3)C(c3ccccc3)N2)c1. The molecule has 27 heavy (non-hydrogen) atoms. The largest absolute Gasteiger partial charge is 0.347 e. The predicted octanol–water partition coefficient (Wildman–Crippen LogP) is 4.50. The molecule has 2 atom stereocenters. The van der Waals surface area contributed by atoms with Gasteiger partial charge in [0.25, 0.3) is 0 Å². The van der Waals surface area contributed by atoms with Gasteiger partial charge in [0.15, 0.2) is 5.96 Å². The molecule has 3 nitrogen and oxygen atoms in total. The van der Waals surface area contributed by atoms with Gasteiger partial charge in [-0.05, 0) is 28.8 Å². The molecule has 0 saturated carbocycles. The lowest BCUT2D eigenvalue weighted by molar-refractivity contribution is 0.554. The number of guanidine groups is 1. The molecular weight excluding hydrogens is 344 g/mol. The van der Waals surface area contributed by atoms with Crippen LogP contribution < -0.4 is 10.6 Å². The van der Waals surface area contributed by atoms with Crippen LogP contribution in [0.5, 0.6) is 0 Å². The second kappa shape index (κ2) is 7.58. The van der Waals surface area contributed by atoms with Gasteiger partial charge in [0.1, 0.15) is 11.6 Å². The fourth-order valence-electron chi connectivity index (χ4n) is 3.34. The standard InChI is InChI=1S/C22H19F2N3/c23-18-11-15(12-19(24)13-18)14-25-22-26-20(16-7-3-1-4-8-16)21(27-22)17-9-5-2-6-10-17/h1-13,20-21H,14H2,(H2,25,26,27). The first-order valence-corrected chi connectivity index (χ1v) is 8.81. The molecular formula is C22H19F2N3. The molecule has 0 bridgehead atoms. The third-order valence-electron chi connectivity index (χ3n) is 4.58. The maximum absolute atomic E-state index is 13.4. The zero-order valence-electron chi connectivity index (χ0n) is 14.6. The van der Waals surface area contributed by atoms with Gasteiger partial charge >= 0.3 is 0 Å². The van der Waals surface area contributed by atoms with Crippen LogP contribution in [0.25, 0.3) is 0 Å². The Balaban J connectivity index is 1.60. The summed E-state index contributed by atoms with van der Waals surface area (Å²) in [6.45, 7) is 0.188.